The van der Waals surface area contributed by atoms with E-state index in [9.17, 15) is 14.7 Å². The number of aliphatic hydroxyl groups excluding tert-OH is 1. The molecule has 0 spiro atoms. The molecule has 0 aliphatic carbocycles. The van der Waals surface area contributed by atoms with Crippen molar-refractivity contribution in [2.24, 2.45) is 5.92 Å². The van der Waals surface area contributed by atoms with Gasteiger partial charge in [-0.15, -0.1) is 0 Å². The van der Waals surface area contributed by atoms with Gasteiger partial charge >= 0.3 is 6.09 Å². The monoisotopic (exact) mass is 364 g/mol. The van der Waals surface area contributed by atoms with Gasteiger partial charge in [0.1, 0.15) is 5.60 Å². The van der Waals surface area contributed by atoms with Crippen molar-refractivity contribution in [3.05, 3.63) is 11.9 Å². The van der Waals surface area contributed by atoms with Crippen LogP contribution in [0.1, 0.15) is 47.2 Å². The maximum Gasteiger partial charge on any atom is 0.410 e. The molecule has 0 radical (unpaired) electrons. The van der Waals surface area contributed by atoms with E-state index >= 15 is 0 Å². The molecule has 0 unspecified atom stereocenters. The van der Waals surface area contributed by atoms with Crippen molar-refractivity contribution < 1.29 is 19.4 Å². The van der Waals surface area contributed by atoms with Crippen LogP contribution in [-0.4, -0.2) is 55.6 Å². The lowest BCUT2D eigenvalue weighted by Crippen LogP contribution is -2.47. The summed E-state index contributed by atoms with van der Waals surface area (Å²) in [5.74, 6) is -0.576. The Morgan fingerprint density at radius 3 is 2.50 bits per heavy atom. The van der Waals surface area contributed by atoms with E-state index in [4.69, 9.17) is 4.74 Å². The number of rotatable bonds is 1. The molecule has 144 valence electrons. The summed E-state index contributed by atoms with van der Waals surface area (Å²) < 4.78 is 7.35. The molecule has 0 saturated carbocycles. The Morgan fingerprint density at radius 2 is 1.96 bits per heavy atom. The van der Waals surface area contributed by atoms with E-state index < -0.39 is 17.6 Å². The first-order valence-electron chi connectivity index (χ1n) is 9.06. The van der Waals surface area contributed by atoms with Crippen molar-refractivity contribution in [1.82, 2.24) is 14.7 Å². The summed E-state index contributed by atoms with van der Waals surface area (Å²) in [5.41, 5.74) is 0.873. The number of aliphatic hydroxyl groups is 1. The van der Waals surface area contributed by atoms with Gasteiger partial charge in [-0.3, -0.25) is 14.4 Å². The van der Waals surface area contributed by atoms with Gasteiger partial charge in [-0.05, 0) is 34.6 Å². The van der Waals surface area contributed by atoms with E-state index in [1.54, 1.807) is 22.9 Å². The Hall–Kier alpha value is -2.09. The van der Waals surface area contributed by atoms with E-state index in [-0.39, 0.29) is 24.1 Å². The Kier molecular flexibility index (Phi) is 4.50. The highest BCUT2D eigenvalue weighted by molar-refractivity contribution is 5.99. The lowest BCUT2D eigenvalue weighted by molar-refractivity contribution is -0.121. The van der Waals surface area contributed by atoms with Crippen molar-refractivity contribution in [3.63, 3.8) is 0 Å². The van der Waals surface area contributed by atoms with E-state index in [1.165, 1.54) is 0 Å². The quantitative estimate of drug-likeness (QED) is 0.820. The third-order valence-electron chi connectivity index (χ3n) is 5.14. The first kappa shape index (κ1) is 18.7. The second-order valence-corrected chi connectivity index (χ2v) is 8.34. The van der Waals surface area contributed by atoms with E-state index in [2.05, 4.69) is 5.10 Å². The smallest absolute Gasteiger partial charge is 0.410 e. The highest BCUT2D eigenvalue weighted by atomic mass is 16.6. The van der Waals surface area contributed by atoms with Crippen LogP contribution in [0.25, 0.3) is 0 Å². The highest BCUT2D eigenvalue weighted by Gasteiger charge is 2.45. The maximum atomic E-state index is 12.6. The van der Waals surface area contributed by atoms with E-state index in [0.717, 1.165) is 5.69 Å². The molecule has 26 heavy (non-hydrogen) atoms. The van der Waals surface area contributed by atoms with Crippen molar-refractivity contribution in [1.29, 1.82) is 0 Å². The zero-order chi connectivity index (χ0) is 19.4. The van der Waals surface area contributed by atoms with Gasteiger partial charge < -0.3 is 14.7 Å². The Labute approximate surface area is 153 Å². The third-order valence-corrected chi connectivity index (χ3v) is 5.14. The summed E-state index contributed by atoms with van der Waals surface area (Å²) in [7, 11) is 0. The van der Waals surface area contributed by atoms with E-state index in [0.29, 0.717) is 18.8 Å². The second-order valence-electron chi connectivity index (χ2n) is 8.34. The number of fused-ring (bicyclic) bond motifs is 1. The van der Waals surface area contributed by atoms with Gasteiger partial charge in [-0.2, -0.15) is 5.10 Å². The van der Waals surface area contributed by atoms with Gasteiger partial charge in [0.05, 0.1) is 54.8 Å². The van der Waals surface area contributed by atoms with Crippen molar-refractivity contribution in [2.75, 3.05) is 4.90 Å². The molecule has 8 heteroatoms. The summed E-state index contributed by atoms with van der Waals surface area (Å²) in [4.78, 5) is 28.4. The minimum Gasteiger partial charge on any atom is -0.444 e. The Balaban J connectivity index is 1.90. The standard InChI is InChI=1S/C18H28N4O4/c1-10-8-21-14(9-20(10)17(25)26-18(4,5)6)13(7-19-21)22-12(3)15(23)11(2)16(22)24/h7,10-12,15,23H,8-9H2,1-6H3/t10-,11-,12+,15-/m0/s1. The van der Waals surface area contributed by atoms with Crippen LogP contribution >= 0.6 is 0 Å². The lowest BCUT2D eigenvalue weighted by Gasteiger charge is -2.36. The van der Waals surface area contributed by atoms with Crippen LogP contribution in [0.2, 0.25) is 0 Å². The molecule has 3 heterocycles. The van der Waals surface area contributed by atoms with Crippen LogP contribution in [0.15, 0.2) is 6.20 Å². The molecule has 2 amide bonds. The first-order valence-corrected chi connectivity index (χ1v) is 9.06. The molecule has 1 N–H and O–H groups in total. The maximum absolute atomic E-state index is 12.6. The summed E-state index contributed by atoms with van der Waals surface area (Å²) in [6.07, 6.45) is 0.555. The van der Waals surface area contributed by atoms with Crippen LogP contribution in [0.3, 0.4) is 0 Å². The lowest BCUT2D eigenvalue weighted by atomic mass is 10.1. The van der Waals surface area contributed by atoms with Crippen molar-refractivity contribution in [2.45, 2.75) is 78.4 Å². The zero-order valence-corrected chi connectivity index (χ0v) is 16.3. The highest BCUT2D eigenvalue weighted by Crippen LogP contribution is 2.35. The van der Waals surface area contributed by atoms with Crippen LogP contribution in [0.5, 0.6) is 0 Å². The molecule has 1 fully saturated rings. The molecule has 2 aliphatic rings. The Bertz CT molecular complexity index is 723. The van der Waals surface area contributed by atoms with Gasteiger partial charge in [0, 0.05) is 0 Å². The van der Waals surface area contributed by atoms with Crippen molar-refractivity contribution in [3.8, 4) is 0 Å². The Morgan fingerprint density at radius 1 is 1.31 bits per heavy atom. The van der Waals surface area contributed by atoms with E-state index in [1.807, 2.05) is 39.3 Å². The minimum absolute atomic E-state index is 0.0682. The minimum atomic E-state index is -0.720. The van der Waals surface area contributed by atoms with Gasteiger partial charge in [0.15, 0.2) is 0 Å². The summed E-state index contributed by atoms with van der Waals surface area (Å²) in [5, 5.41) is 14.6. The number of nitrogens with zero attached hydrogens (tertiary/aromatic N) is 4. The molecule has 0 bridgehead atoms. The van der Waals surface area contributed by atoms with Crippen LogP contribution in [0.4, 0.5) is 10.5 Å². The fraction of sp³-hybridized carbons (Fsp3) is 0.722. The SMILES string of the molecule is C[C@@H]1C(=O)N(c2cnn3c2CN(C(=O)OC(C)(C)C)[C@@H](C)C3)[C@H](C)[C@H]1O. The van der Waals surface area contributed by atoms with Gasteiger partial charge in [0.25, 0.3) is 0 Å². The molecular formula is C18H28N4O4. The average molecular weight is 364 g/mol. The van der Waals surface area contributed by atoms with Crippen molar-refractivity contribution >= 4 is 17.7 Å². The predicted octanol–water partition coefficient (Wildman–Crippen LogP) is 1.75. The van der Waals surface area contributed by atoms with Gasteiger partial charge in [-0.25, -0.2) is 4.79 Å². The zero-order valence-electron chi connectivity index (χ0n) is 16.3. The van der Waals surface area contributed by atoms with Crippen LogP contribution < -0.4 is 4.90 Å². The fourth-order valence-electron chi connectivity index (χ4n) is 3.63. The first-order chi connectivity index (χ1) is 12.0. The number of carbonyl (C=O) groups is 2. The topological polar surface area (TPSA) is 87.9 Å². The molecule has 0 aromatic carbocycles. The second kappa shape index (κ2) is 6.26. The molecule has 3 rings (SSSR count). The summed E-state index contributed by atoms with van der Waals surface area (Å²) in [6.45, 7) is 11.9. The van der Waals surface area contributed by atoms with Crippen LogP contribution in [0, 0.1) is 5.92 Å². The summed E-state index contributed by atoms with van der Waals surface area (Å²) in [6, 6.07) is -0.401. The number of carbonyl (C=O) groups excluding carboxylic acids is 2. The molecule has 1 aromatic rings. The molecule has 2 aliphatic heterocycles. The van der Waals surface area contributed by atoms with Gasteiger partial charge in [-0.1, -0.05) is 6.92 Å². The number of amides is 2. The summed E-state index contributed by atoms with van der Waals surface area (Å²) >= 11 is 0. The number of hydrogen-bond donors (Lipinski definition) is 1. The van der Waals surface area contributed by atoms with Gasteiger partial charge in [0.2, 0.25) is 5.91 Å². The fourth-order valence-corrected chi connectivity index (χ4v) is 3.63. The molecule has 8 nitrogen and oxygen atoms in total. The molecule has 1 aromatic heterocycles. The predicted molar refractivity (Wildman–Crippen MR) is 95.6 cm³/mol. The largest absolute Gasteiger partial charge is 0.444 e. The number of hydrogen-bond acceptors (Lipinski definition) is 5. The molecule has 1 saturated heterocycles. The molecular weight excluding hydrogens is 336 g/mol. The number of ether oxygens (including phenoxy) is 1. The normalized spacial score (nSPS) is 29.1. The number of anilines is 1. The average Bonchev–Trinajstić information content (AvgIpc) is 3.00. The molecule has 4 atom stereocenters. The van der Waals surface area contributed by atoms with Crippen LogP contribution in [-0.2, 0) is 22.6 Å². The third kappa shape index (κ3) is 3.06. The number of aromatic nitrogens is 2.